The summed E-state index contributed by atoms with van der Waals surface area (Å²) in [5, 5.41) is 18.0. The number of pyridine rings is 1. The van der Waals surface area contributed by atoms with E-state index in [1.165, 1.54) is 23.0 Å². The molecule has 29 heavy (non-hydrogen) atoms. The summed E-state index contributed by atoms with van der Waals surface area (Å²) in [6.07, 6.45) is 3.10. The zero-order chi connectivity index (χ0) is 20.4. The van der Waals surface area contributed by atoms with Gasteiger partial charge in [0.25, 0.3) is 0 Å². The fourth-order valence-corrected chi connectivity index (χ4v) is 3.18. The molecule has 0 bridgehead atoms. The molecule has 0 aliphatic carbocycles. The van der Waals surface area contributed by atoms with Gasteiger partial charge in [-0.1, -0.05) is 28.4 Å². The van der Waals surface area contributed by atoms with Crippen LogP contribution in [0, 0.1) is 11.3 Å². The number of halogens is 2. The first-order chi connectivity index (χ1) is 14.0. The molecule has 2 heterocycles. The molecule has 4 aromatic rings. The lowest BCUT2D eigenvalue weighted by Crippen LogP contribution is -2.11. The summed E-state index contributed by atoms with van der Waals surface area (Å²) >= 11 is 12.3. The Bertz CT molecular complexity index is 1270. The maximum Gasteiger partial charge on any atom is 0.185 e. The molecular formula is C20H11Cl2N5O2. The highest BCUT2D eigenvalue weighted by Crippen LogP contribution is 2.36. The van der Waals surface area contributed by atoms with Gasteiger partial charge in [0.1, 0.15) is 12.3 Å². The number of carbonyl (C=O) groups is 1. The Morgan fingerprint density at radius 1 is 1.21 bits per heavy atom. The number of fused-ring (bicyclic) bond motifs is 1. The number of aromatic nitrogens is 4. The summed E-state index contributed by atoms with van der Waals surface area (Å²) in [5.74, 6) is 0.440. The van der Waals surface area contributed by atoms with Crippen molar-refractivity contribution in [3.05, 3.63) is 76.0 Å². The van der Waals surface area contributed by atoms with Gasteiger partial charge in [0, 0.05) is 23.0 Å². The van der Waals surface area contributed by atoms with Gasteiger partial charge in [-0.3, -0.25) is 9.78 Å². The number of nitrogens with zero attached hydrogens (tertiary/aromatic N) is 5. The van der Waals surface area contributed by atoms with Gasteiger partial charge < -0.3 is 4.74 Å². The Labute approximate surface area is 175 Å². The van der Waals surface area contributed by atoms with Crippen molar-refractivity contribution >= 4 is 40.0 Å². The summed E-state index contributed by atoms with van der Waals surface area (Å²) in [4.78, 5) is 16.4. The van der Waals surface area contributed by atoms with E-state index in [2.05, 4.69) is 15.3 Å². The van der Waals surface area contributed by atoms with Gasteiger partial charge in [-0.25, -0.2) is 4.68 Å². The Morgan fingerprint density at radius 3 is 2.83 bits per heavy atom. The van der Waals surface area contributed by atoms with Crippen LogP contribution in [0.25, 0.3) is 11.0 Å². The van der Waals surface area contributed by atoms with Crippen molar-refractivity contribution in [2.24, 2.45) is 0 Å². The van der Waals surface area contributed by atoms with E-state index in [1.54, 1.807) is 36.5 Å². The number of hydrogen-bond donors (Lipinski definition) is 0. The first-order valence-corrected chi connectivity index (χ1v) is 9.14. The molecular weight excluding hydrogens is 413 g/mol. The Morgan fingerprint density at radius 2 is 2.07 bits per heavy atom. The SMILES string of the molecule is N#Cc1cc(Cl)cc(Oc2c(Cl)ccc3c2nnn3CC(=O)c2cccnc2)c1. The molecule has 0 unspecified atom stereocenters. The van der Waals surface area contributed by atoms with Crippen LogP contribution in [-0.4, -0.2) is 25.8 Å². The van der Waals surface area contributed by atoms with Gasteiger partial charge in [0.05, 0.1) is 22.2 Å². The second kappa shape index (κ2) is 7.87. The quantitative estimate of drug-likeness (QED) is 0.432. The van der Waals surface area contributed by atoms with Gasteiger partial charge in [-0.05, 0) is 42.5 Å². The summed E-state index contributed by atoms with van der Waals surface area (Å²) in [6.45, 7) is -0.0149. The van der Waals surface area contributed by atoms with Crippen molar-refractivity contribution in [3.8, 4) is 17.6 Å². The molecule has 142 valence electrons. The molecule has 2 aromatic heterocycles. The van der Waals surface area contributed by atoms with Crippen LogP contribution in [0.2, 0.25) is 10.0 Å². The molecule has 9 heteroatoms. The van der Waals surface area contributed by atoms with E-state index in [1.807, 2.05) is 6.07 Å². The van der Waals surface area contributed by atoms with E-state index in [9.17, 15) is 4.79 Å². The Kier molecular flexibility index (Phi) is 5.12. The van der Waals surface area contributed by atoms with E-state index >= 15 is 0 Å². The molecule has 4 rings (SSSR count). The molecule has 7 nitrogen and oxygen atoms in total. The average molecular weight is 424 g/mol. The van der Waals surface area contributed by atoms with Crippen molar-refractivity contribution < 1.29 is 9.53 Å². The van der Waals surface area contributed by atoms with Crippen LogP contribution in [0.15, 0.2) is 54.9 Å². The predicted molar refractivity (Wildman–Crippen MR) is 107 cm³/mol. The van der Waals surface area contributed by atoms with Crippen LogP contribution < -0.4 is 4.74 Å². The first-order valence-electron chi connectivity index (χ1n) is 8.38. The molecule has 0 amide bonds. The maximum atomic E-state index is 12.5. The van der Waals surface area contributed by atoms with Crippen LogP contribution >= 0.6 is 23.2 Å². The fourth-order valence-electron chi connectivity index (χ4n) is 2.76. The van der Waals surface area contributed by atoms with Crippen LogP contribution in [0.1, 0.15) is 15.9 Å². The lowest BCUT2D eigenvalue weighted by atomic mass is 10.2. The minimum atomic E-state index is -0.157. The van der Waals surface area contributed by atoms with E-state index in [-0.39, 0.29) is 18.1 Å². The molecule has 0 fully saturated rings. The van der Waals surface area contributed by atoms with Crippen LogP contribution in [0.3, 0.4) is 0 Å². The van der Waals surface area contributed by atoms with Gasteiger partial charge in [-0.2, -0.15) is 5.26 Å². The lowest BCUT2D eigenvalue weighted by Gasteiger charge is -2.09. The average Bonchev–Trinajstić information content (AvgIpc) is 3.13. The summed E-state index contributed by atoms with van der Waals surface area (Å²) in [7, 11) is 0. The normalized spacial score (nSPS) is 10.7. The van der Waals surface area contributed by atoms with Gasteiger partial charge in [-0.15, -0.1) is 5.10 Å². The van der Waals surface area contributed by atoms with Crippen molar-refractivity contribution in [1.82, 2.24) is 20.0 Å². The predicted octanol–water partition coefficient (Wildman–Crippen LogP) is 4.68. The lowest BCUT2D eigenvalue weighted by molar-refractivity contribution is 0.0968. The van der Waals surface area contributed by atoms with Crippen molar-refractivity contribution in [2.75, 3.05) is 0 Å². The Balaban J connectivity index is 1.70. The third-order valence-corrected chi connectivity index (χ3v) is 4.61. The highest BCUT2D eigenvalue weighted by molar-refractivity contribution is 6.33. The van der Waals surface area contributed by atoms with Crippen LogP contribution in [0.5, 0.6) is 11.5 Å². The number of benzene rings is 2. The van der Waals surface area contributed by atoms with Crippen LogP contribution in [0.4, 0.5) is 0 Å². The first kappa shape index (κ1) is 18.9. The van der Waals surface area contributed by atoms with Gasteiger partial charge >= 0.3 is 0 Å². The van der Waals surface area contributed by atoms with E-state index in [0.717, 1.165) is 0 Å². The number of hydrogen-bond acceptors (Lipinski definition) is 6. The smallest absolute Gasteiger partial charge is 0.185 e. The van der Waals surface area contributed by atoms with E-state index < -0.39 is 0 Å². The van der Waals surface area contributed by atoms with Crippen molar-refractivity contribution in [2.45, 2.75) is 6.54 Å². The van der Waals surface area contributed by atoms with Crippen LogP contribution in [-0.2, 0) is 6.54 Å². The summed E-state index contributed by atoms with van der Waals surface area (Å²) < 4.78 is 7.34. The van der Waals surface area contributed by atoms with Gasteiger partial charge in [0.15, 0.2) is 17.0 Å². The minimum Gasteiger partial charge on any atom is -0.453 e. The molecule has 0 spiro atoms. The largest absolute Gasteiger partial charge is 0.453 e. The summed E-state index contributed by atoms with van der Waals surface area (Å²) in [6, 6.07) is 13.4. The number of carbonyl (C=O) groups excluding carboxylic acids is 1. The fraction of sp³-hybridized carbons (Fsp3) is 0.0500. The second-order valence-electron chi connectivity index (χ2n) is 6.05. The molecule has 0 aliphatic rings. The third kappa shape index (κ3) is 3.90. The zero-order valence-corrected chi connectivity index (χ0v) is 16.2. The van der Waals surface area contributed by atoms with Gasteiger partial charge in [0.2, 0.25) is 0 Å². The number of nitriles is 1. The highest BCUT2D eigenvalue weighted by atomic mass is 35.5. The molecule has 0 radical (unpaired) electrons. The zero-order valence-electron chi connectivity index (χ0n) is 14.7. The minimum absolute atomic E-state index is 0.0149. The van der Waals surface area contributed by atoms with E-state index in [4.69, 9.17) is 33.2 Å². The standard InChI is InChI=1S/C20H11Cl2N5O2/c21-14-6-12(9-23)7-15(8-14)29-20-16(22)3-4-17-19(20)25-26-27(17)11-18(28)13-2-1-5-24-10-13/h1-8,10H,11H2. The molecule has 0 saturated heterocycles. The highest BCUT2D eigenvalue weighted by Gasteiger charge is 2.17. The molecule has 2 aromatic carbocycles. The second-order valence-corrected chi connectivity index (χ2v) is 6.89. The molecule has 0 saturated carbocycles. The number of Topliss-reactive ketones (excluding diaryl/α,β-unsaturated/α-hetero) is 1. The van der Waals surface area contributed by atoms with E-state index in [0.29, 0.717) is 38.0 Å². The Hall–Kier alpha value is -3.47. The van der Waals surface area contributed by atoms with Crippen molar-refractivity contribution in [1.29, 1.82) is 5.26 Å². The molecule has 0 N–H and O–H groups in total. The summed E-state index contributed by atoms with van der Waals surface area (Å²) in [5.41, 5.74) is 1.78. The number of ketones is 1. The topological polar surface area (TPSA) is 93.7 Å². The van der Waals surface area contributed by atoms with Crippen molar-refractivity contribution in [3.63, 3.8) is 0 Å². The number of ether oxygens (including phenoxy) is 1. The molecule has 0 aliphatic heterocycles. The number of rotatable bonds is 5. The third-order valence-electron chi connectivity index (χ3n) is 4.09. The monoisotopic (exact) mass is 423 g/mol. The maximum absolute atomic E-state index is 12.5. The molecule has 0 atom stereocenters.